The van der Waals surface area contributed by atoms with Crippen molar-refractivity contribution in [2.75, 3.05) is 13.1 Å². The fourth-order valence-electron chi connectivity index (χ4n) is 3.54. The van der Waals surface area contributed by atoms with E-state index in [-0.39, 0.29) is 18.0 Å². The predicted octanol–water partition coefficient (Wildman–Crippen LogP) is 3.12. The van der Waals surface area contributed by atoms with Gasteiger partial charge in [0.05, 0.1) is 0 Å². The maximum absolute atomic E-state index is 12.7. The van der Waals surface area contributed by atoms with Crippen molar-refractivity contribution in [3.05, 3.63) is 48.0 Å². The van der Waals surface area contributed by atoms with Crippen molar-refractivity contribution >= 4 is 22.7 Å². The molecule has 5 nitrogen and oxygen atoms in total. The molecule has 0 bridgehead atoms. The largest absolute Gasteiger partial charge is 0.330 e. The molecule has 1 fully saturated rings. The second kappa shape index (κ2) is 7.66. The lowest BCUT2D eigenvalue weighted by atomic mass is 10.0. The topological polar surface area (TPSA) is 66.6 Å². The van der Waals surface area contributed by atoms with Gasteiger partial charge in [0.1, 0.15) is 6.04 Å². The van der Waals surface area contributed by atoms with Crippen LogP contribution in [0.15, 0.2) is 42.5 Å². The van der Waals surface area contributed by atoms with Gasteiger partial charge in [-0.1, -0.05) is 42.5 Å². The number of imide groups is 1. The number of nitrogens with zero attached hydrogens (tertiary/aromatic N) is 2. The van der Waals surface area contributed by atoms with Gasteiger partial charge < -0.3 is 10.6 Å². The van der Waals surface area contributed by atoms with Gasteiger partial charge in [-0.2, -0.15) is 0 Å². The summed E-state index contributed by atoms with van der Waals surface area (Å²) in [5.74, 6) is -0.0789. The third-order valence-electron chi connectivity index (χ3n) is 4.87. The van der Waals surface area contributed by atoms with E-state index in [2.05, 4.69) is 18.2 Å². The van der Waals surface area contributed by atoms with Crippen LogP contribution in [-0.2, 0) is 11.3 Å². The van der Waals surface area contributed by atoms with Gasteiger partial charge in [0, 0.05) is 13.1 Å². The number of nitrogens with two attached hydrogens (primary N) is 1. The van der Waals surface area contributed by atoms with Crippen LogP contribution in [0.1, 0.15) is 31.7 Å². The van der Waals surface area contributed by atoms with E-state index < -0.39 is 0 Å². The average molecular weight is 339 g/mol. The summed E-state index contributed by atoms with van der Waals surface area (Å²) in [6.45, 7) is 3.32. The summed E-state index contributed by atoms with van der Waals surface area (Å²) in [6, 6.07) is 13.7. The third kappa shape index (κ3) is 3.37. The first-order valence-corrected chi connectivity index (χ1v) is 8.96. The molecular weight excluding hydrogens is 314 g/mol. The maximum atomic E-state index is 12.7. The van der Waals surface area contributed by atoms with E-state index in [0.717, 1.165) is 29.2 Å². The van der Waals surface area contributed by atoms with Crippen molar-refractivity contribution in [3.63, 3.8) is 0 Å². The van der Waals surface area contributed by atoms with Crippen LogP contribution in [0, 0.1) is 0 Å². The molecule has 1 aliphatic rings. The van der Waals surface area contributed by atoms with Gasteiger partial charge >= 0.3 is 6.03 Å². The fraction of sp³-hybridized carbons (Fsp3) is 0.400. The molecule has 1 heterocycles. The first-order chi connectivity index (χ1) is 12.2. The van der Waals surface area contributed by atoms with Crippen LogP contribution in [0.4, 0.5) is 4.79 Å². The molecule has 5 heteroatoms. The fourth-order valence-corrected chi connectivity index (χ4v) is 3.54. The van der Waals surface area contributed by atoms with Crippen LogP contribution in [0.2, 0.25) is 0 Å². The monoisotopic (exact) mass is 339 g/mol. The lowest BCUT2D eigenvalue weighted by molar-refractivity contribution is -0.128. The zero-order chi connectivity index (χ0) is 17.8. The number of carbonyl (C=O) groups excluding carboxylic acids is 2. The van der Waals surface area contributed by atoms with Gasteiger partial charge in [-0.15, -0.1) is 0 Å². The first kappa shape index (κ1) is 17.4. The Morgan fingerprint density at radius 1 is 1.04 bits per heavy atom. The predicted molar refractivity (Wildman–Crippen MR) is 99.0 cm³/mol. The molecule has 0 aromatic heterocycles. The molecule has 0 spiro atoms. The van der Waals surface area contributed by atoms with Gasteiger partial charge in [-0.3, -0.25) is 9.69 Å². The summed E-state index contributed by atoms with van der Waals surface area (Å²) in [6.07, 6.45) is 2.39. The van der Waals surface area contributed by atoms with Crippen LogP contribution in [0.3, 0.4) is 0 Å². The standard InChI is InChI=1S/C20H25N3O2/c1-2-22-19(24)18(12-5-6-13-21)23(20(22)25)14-16-10-7-9-15-8-3-4-11-17(15)16/h3-4,7-11,18H,2,5-6,12-14,21H2,1H3/t18-/m0/s1. The molecule has 2 aromatic carbocycles. The summed E-state index contributed by atoms with van der Waals surface area (Å²) in [5.41, 5.74) is 6.64. The number of amides is 3. The minimum absolute atomic E-state index is 0.0789. The van der Waals surface area contributed by atoms with Gasteiger partial charge in [0.25, 0.3) is 5.91 Å². The Hall–Kier alpha value is -2.40. The number of hydrogen-bond acceptors (Lipinski definition) is 3. The van der Waals surface area contributed by atoms with E-state index >= 15 is 0 Å². The second-order valence-corrected chi connectivity index (χ2v) is 6.43. The Kier molecular flexibility index (Phi) is 5.34. The highest BCUT2D eigenvalue weighted by atomic mass is 16.2. The molecule has 25 heavy (non-hydrogen) atoms. The Balaban J connectivity index is 1.89. The number of likely N-dealkylation sites (N-methyl/N-ethyl adjacent to an activating group) is 1. The van der Waals surface area contributed by atoms with E-state index in [1.165, 1.54) is 4.90 Å². The van der Waals surface area contributed by atoms with Gasteiger partial charge in [0.2, 0.25) is 0 Å². The zero-order valence-electron chi connectivity index (χ0n) is 14.6. The summed E-state index contributed by atoms with van der Waals surface area (Å²) in [5, 5.41) is 2.27. The normalized spacial score (nSPS) is 17.8. The molecule has 1 aliphatic heterocycles. The smallest absolute Gasteiger partial charge is 0.327 e. The molecule has 0 aliphatic carbocycles. The van der Waals surface area contributed by atoms with Crippen LogP contribution < -0.4 is 5.73 Å². The van der Waals surface area contributed by atoms with Crippen LogP contribution in [0.25, 0.3) is 10.8 Å². The van der Waals surface area contributed by atoms with E-state index in [9.17, 15) is 9.59 Å². The van der Waals surface area contributed by atoms with Crippen LogP contribution in [-0.4, -0.2) is 40.9 Å². The quantitative estimate of drug-likeness (QED) is 0.622. The van der Waals surface area contributed by atoms with Gasteiger partial charge in [-0.05, 0) is 49.1 Å². The van der Waals surface area contributed by atoms with Crippen molar-refractivity contribution in [2.24, 2.45) is 5.73 Å². The highest BCUT2D eigenvalue weighted by Gasteiger charge is 2.43. The van der Waals surface area contributed by atoms with Gasteiger partial charge in [0.15, 0.2) is 0 Å². The van der Waals surface area contributed by atoms with Crippen molar-refractivity contribution in [1.82, 2.24) is 9.80 Å². The summed E-state index contributed by atoms with van der Waals surface area (Å²) in [7, 11) is 0. The number of benzene rings is 2. The molecule has 0 radical (unpaired) electrons. The molecule has 0 saturated carbocycles. The second-order valence-electron chi connectivity index (χ2n) is 6.43. The molecular formula is C20H25N3O2. The molecule has 2 N–H and O–H groups in total. The molecule has 132 valence electrons. The molecule has 3 rings (SSSR count). The maximum Gasteiger partial charge on any atom is 0.327 e. The SMILES string of the molecule is CCN1C(=O)[C@H](CCCCN)N(Cc2cccc3ccccc23)C1=O. The molecule has 3 amide bonds. The molecule has 0 unspecified atom stereocenters. The lowest BCUT2D eigenvalue weighted by Crippen LogP contribution is -2.34. The highest BCUT2D eigenvalue weighted by molar-refractivity contribution is 6.04. The number of carbonyl (C=O) groups is 2. The average Bonchev–Trinajstić information content (AvgIpc) is 2.85. The Labute approximate surface area is 148 Å². The summed E-state index contributed by atoms with van der Waals surface area (Å²) >= 11 is 0. The summed E-state index contributed by atoms with van der Waals surface area (Å²) in [4.78, 5) is 28.5. The molecule has 2 aromatic rings. The van der Waals surface area contributed by atoms with Crippen LogP contribution in [0.5, 0.6) is 0 Å². The van der Waals surface area contributed by atoms with Crippen LogP contribution >= 0.6 is 0 Å². The third-order valence-corrected chi connectivity index (χ3v) is 4.87. The van der Waals surface area contributed by atoms with Crippen molar-refractivity contribution < 1.29 is 9.59 Å². The summed E-state index contributed by atoms with van der Waals surface area (Å²) < 4.78 is 0. The number of fused-ring (bicyclic) bond motifs is 1. The number of rotatable bonds is 7. The number of urea groups is 1. The minimum atomic E-state index is -0.377. The van der Waals surface area contributed by atoms with E-state index in [1.807, 2.05) is 31.2 Å². The van der Waals surface area contributed by atoms with E-state index in [4.69, 9.17) is 5.73 Å². The zero-order valence-corrected chi connectivity index (χ0v) is 14.6. The lowest BCUT2D eigenvalue weighted by Gasteiger charge is -2.22. The Morgan fingerprint density at radius 2 is 1.80 bits per heavy atom. The number of hydrogen-bond donors (Lipinski definition) is 1. The Bertz CT molecular complexity index is 769. The minimum Gasteiger partial charge on any atom is -0.330 e. The highest BCUT2D eigenvalue weighted by Crippen LogP contribution is 2.27. The van der Waals surface area contributed by atoms with Gasteiger partial charge in [-0.25, -0.2) is 4.79 Å². The molecule has 1 atom stereocenters. The van der Waals surface area contributed by atoms with Crippen molar-refractivity contribution in [1.29, 1.82) is 0 Å². The number of unbranched alkanes of at least 4 members (excludes halogenated alkanes) is 1. The molecule has 1 saturated heterocycles. The van der Waals surface area contributed by atoms with E-state index in [0.29, 0.717) is 26.1 Å². The van der Waals surface area contributed by atoms with Crippen molar-refractivity contribution in [3.8, 4) is 0 Å². The Morgan fingerprint density at radius 3 is 2.56 bits per heavy atom. The first-order valence-electron chi connectivity index (χ1n) is 8.96. The van der Waals surface area contributed by atoms with E-state index in [1.54, 1.807) is 4.90 Å². The van der Waals surface area contributed by atoms with Crippen molar-refractivity contribution in [2.45, 2.75) is 38.8 Å².